The van der Waals surface area contributed by atoms with Crippen molar-refractivity contribution in [3.05, 3.63) is 29.8 Å². The van der Waals surface area contributed by atoms with Gasteiger partial charge in [0, 0.05) is 19.1 Å². The minimum atomic E-state index is -4.52. The van der Waals surface area contributed by atoms with Crippen molar-refractivity contribution in [2.45, 2.75) is 56.3 Å². The summed E-state index contributed by atoms with van der Waals surface area (Å²) in [5, 5.41) is 6.16. The summed E-state index contributed by atoms with van der Waals surface area (Å²) < 4.78 is 65.6. The molecule has 1 saturated carbocycles. The van der Waals surface area contributed by atoms with Gasteiger partial charge in [0.25, 0.3) is 0 Å². The molecule has 1 aliphatic carbocycles. The molecule has 0 aromatic heterocycles. The molecule has 5 atom stereocenters. The minimum absolute atomic E-state index is 0.00242. The number of sulfonamides is 1. The van der Waals surface area contributed by atoms with Crippen LogP contribution in [0.3, 0.4) is 0 Å². The van der Waals surface area contributed by atoms with Gasteiger partial charge in [0.2, 0.25) is 15.9 Å². The number of amides is 1. The lowest BCUT2D eigenvalue weighted by Gasteiger charge is -2.26. The van der Waals surface area contributed by atoms with Crippen molar-refractivity contribution >= 4 is 15.9 Å². The fourth-order valence-electron chi connectivity index (χ4n) is 4.75. The minimum Gasteiger partial charge on any atom is -0.352 e. The Bertz CT molecular complexity index is 889. The summed E-state index contributed by atoms with van der Waals surface area (Å²) in [6.45, 7) is 4.61. The normalized spacial score (nSPS) is 26.5. The lowest BCUT2D eigenvalue weighted by molar-refractivity contribution is -0.137. The van der Waals surface area contributed by atoms with Crippen LogP contribution in [-0.4, -0.2) is 50.9 Å². The zero-order valence-electron chi connectivity index (χ0n) is 17.9. The van der Waals surface area contributed by atoms with Crippen LogP contribution in [0.15, 0.2) is 29.2 Å². The Morgan fingerprint density at radius 2 is 1.84 bits per heavy atom. The van der Waals surface area contributed by atoms with E-state index in [0.29, 0.717) is 6.54 Å². The zero-order chi connectivity index (χ0) is 23.0. The maximum atomic E-state index is 13.0. The highest BCUT2D eigenvalue weighted by molar-refractivity contribution is 7.89. The first-order valence-corrected chi connectivity index (χ1v) is 12.1. The third kappa shape index (κ3) is 4.90. The lowest BCUT2D eigenvalue weighted by atomic mass is 9.95. The van der Waals surface area contributed by atoms with E-state index in [9.17, 15) is 26.4 Å². The van der Waals surface area contributed by atoms with Crippen LogP contribution in [0.2, 0.25) is 0 Å². The molecule has 1 unspecified atom stereocenters. The van der Waals surface area contributed by atoms with E-state index in [1.54, 1.807) is 7.05 Å². The van der Waals surface area contributed by atoms with Crippen molar-refractivity contribution in [1.82, 2.24) is 14.9 Å². The number of likely N-dealkylation sites (N-methyl/N-ethyl adjacent to an activating group) is 1. The van der Waals surface area contributed by atoms with E-state index in [1.165, 1.54) is 4.31 Å². The number of fused-ring (bicyclic) bond motifs is 1. The molecule has 1 amide bonds. The second-order valence-electron chi connectivity index (χ2n) is 8.61. The Labute approximate surface area is 181 Å². The highest BCUT2D eigenvalue weighted by Crippen LogP contribution is 2.40. The number of carbonyl (C=O) groups is 1. The van der Waals surface area contributed by atoms with E-state index in [-0.39, 0.29) is 47.2 Å². The molecule has 2 aliphatic rings. The largest absolute Gasteiger partial charge is 0.416 e. The van der Waals surface area contributed by atoms with Crippen LogP contribution in [0.5, 0.6) is 0 Å². The predicted molar refractivity (Wildman–Crippen MR) is 111 cm³/mol. The predicted octanol–water partition coefficient (Wildman–Crippen LogP) is 2.85. The molecular weight excluding hydrogens is 431 g/mol. The molecule has 2 N–H and O–H groups in total. The van der Waals surface area contributed by atoms with Crippen LogP contribution in [0, 0.1) is 17.8 Å². The number of halogens is 3. The quantitative estimate of drug-likeness (QED) is 0.655. The van der Waals surface area contributed by atoms with E-state index in [2.05, 4.69) is 10.6 Å². The topological polar surface area (TPSA) is 78.5 Å². The molecule has 1 aromatic carbocycles. The number of hydrogen-bond donors (Lipinski definition) is 2. The molecule has 6 nitrogen and oxygen atoms in total. The third-order valence-electron chi connectivity index (χ3n) is 6.78. The SMILES string of the molecule is CCC(C)[C@H](NC)C(=O)N[C@@H]1CC[C@H]2CN(S(=O)(=O)c3ccc(C(F)(F)F)cc3)C[C@H]21. The molecular formula is C21H30F3N3O3S. The van der Waals surface area contributed by atoms with E-state index in [4.69, 9.17) is 0 Å². The van der Waals surface area contributed by atoms with Gasteiger partial charge in [0.05, 0.1) is 16.5 Å². The summed E-state index contributed by atoms with van der Waals surface area (Å²) in [5.74, 6) is 0.225. The van der Waals surface area contributed by atoms with Crippen molar-refractivity contribution in [3.8, 4) is 0 Å². The monoisotopic (exact) mass is 461 g/mol. The van der Waals surface area contributed by atoms with Gasteiger partial charge in [0.1, 0.15) is 0 Å². The molecule has 31 heavy (non-hydrogen) atoms. The van der Waals surface area contributed by atoms with Gasteiger partial charge in [-0.1, -0.05) is 20.3 Å². The Morgan fingerprint density at radius 3 is 2.39 bits per heavy atom. The second kappa shape index (κ2) is 9.07. The molecule has 2 fully saturated rings. The fourth-order valence-corrected chi connectivity index (χ4v) is 6.28. The van der Waals surface area contributed by atoms with Crippen molar-refractivity contribution in [3.63, 3.8) is 0 Å². The maximum absolute atomic E-state index is 13.0. The van der Waals surface area contributed by atoms with E-state index < -0.39 is 21.8 Å². The average molecular weight is 462 g/mol. The standard InChI is InChI=1S/C21H30F3N3O3S/c1-4-13(2)19(25-3)20(28)26-18-10-5-14-11-27(12-17(14)18)31(29,30)16-8-6-15(7-9-16)21(22,23)24/h6-9,13-14,17-19,25H,4-5,10-12H2,1-3H3,(H,26,28)/t13?,14-,17+,18+,19-/m0/s1. The number of rotatable bonds is 7. The van der Waals surface area contributed by atoms with Gasteiger partial charge < -0.3 is 10.6 Å². The number of alkyl halides is 3. The Balaban J connectivity index is 1.69. The molecule has 0 spiro atoms. The first kappa shape index (κ1) is 24.0. The number of benzene rings is 1. The molecule has 1 aliphatic heterocycles. The molecule has 1 aromatic rings. The molecule has 10 heteroatoms. The van der Waals surface area contributed by atoms with Crippen LogP contribution in [0.1, 0.15) is 38.7 Å². The molecule has 0 bridgehead atoms. The van der Waals surface area contributed by atoms with Crippen molar-refractivity contribution in [2.24, 2.45) is 17.8 Å². The Kier molecular flexibility index (Phi) is 7.02. The van der Waals surface area contributed by atoms with Crippen LogP contribution >= 0.6 is 0 Å². The highest BCUT2D eigenvalue weighted by Gasteiger charge is 2.47. The van der Waals surface area contributed by atoms with Crippen molar-refractivity contribution < 1.29 is 26.4 Å². The van der Waals surface area contributed by atoms with Gasteiger partial charge in [-0.25, -0.2) is 8.42 Å². The highest BCUT2D eigenvalue weighted by atomic mass is 32.2. The second-order valence-corrected chi connectivity index (χ2v) is 10.6. The summed E-state index contributed by atoms with van der Waals surface area (Å²) in [4.78, 5) is 12.6. The summed E-state index contributed by atoms with van der Waals surface area (Å²) in [6.07, 6.45) is -2.05. The molecule has 1 saturated heterocycles. The molecule has 0 radical (unpaired) electrons. The fraction of sp³-hybridized carbons (Fsp3) is 0.667. The Morgan fingerprint density at radius 1 is 1.19 bits per heavy atom. The maximum Gasteiger partial charge on any atom is 0.416 e. The molecule has 1 heterocycles. The van der Waals surface area contributed by atoms with Crippen LogP contribution in [0.25, 0.3) is 0 Å². The van der Waals surface area contributed by atoms with Gasteiger partial charge in [-0.05, 0) is 61.9 Å². The number of nitrogens with one attached hydrogen (secondary N) is 2. The average Bonchev–Trinajstić information content (AvgIpc) is 3.30. The smallest absolute Gasteiger partial charge is 0.352 e. The van der Waals surface area contributed by atoms with Gasteiger partial charge in [-0.3, -0.25) is 4.79 Å². The van der Waals surface area contributed by atoms with Crippen LogP contribution in [-0.2, 0) is 21.0 Å². The van der Waals surface area contributed by atoms with E-state index in [0.717, 1.165) is 43.5 Å². The molecule has 3 rings (SSSR count). The summed E-state index contributed by atoms with van der Waals surface area (Å²) in [5.41, 5.74) is -0.882. The number of nitrogens with zero attached hydrogens (tertiary/aromatic N) is 1. The number of carbonyl (C=O) groups excluding carboxylic acids is 1. The van der Waals surface area contributed by atoms with Gasteiger partial charge in [-0.2, -0.15) is 17.5 Å². The summed E-state index contributed by atoms with van der Waals surface area (Å²) in [7, 11) is -2.14. The van der Waals surface area contributed by atoms with Crippen LogP contribution < -0.4 is 10.6 Å². The first-order chi connectivity index (χ1) is 14.5. The van der Waals surface area contributed by atoms with E-state index >= 15 is 0 Å². The van der Waals surface area contributed by atoms with Gasteiger partial charge in [-0.15, -0.1) is 0 Å². The van der Waals surface area contributed by atoms with Gasteiger partial charge >= 0.3 is 6.18 Å². The van der Waals surface area contributed by atoms with Crippen molar-refractivity contribution in [1.29, 1.82) is 0 Å². The zero-order valence-corrected chi connectivity index (χ0v) is 18.8. The molecule has 174 valence electrons. The van der Waals surface area contributed by atoms with Crippen LogP contribution in [0.4, 0.5) is 13.2 Å². The number of hydrogen-bond acceptors (Lipinski definition) is 4. The van der Waals surface area contributed by atoms with Gasteiger partial charge in [0.15, 0.2) is 0 Å². The summed E-state index contributed by atoms with van der Waals surface area (Å²) in [6, 6.07) is 3.19. The third-order valence-corrected chi connectivity index (χ3v) is 8.62. The Hall–Kier alpha value is -1.65. The van der Waals surface area contributed by atoms with Crippen molar-refractivity contribution in [2.75, 3.05) is 20.1 Å². The summed E-state index contributed by atoms with van der Waals surface area (Å²) >= 11 is 0. The van der Waals surface area contributed by atoms with E-state index in [1.807, 2.05) is 13.8 Å². The lowest BCUT2D eigenvalue weighted by Crippen LogP contribution is -2.51. The first-order valence-electron chi connectivity index (χ1n) is 10.6.